The van der Waals surface area contributed by atoms with Crippen molar-refractivity contribution in [3.8, 4) is 0 Å². The lowest BCUT2D eigenvalue weighted by Gasteiger charge is -2.60. The van der Waals surface area contributed by atoms with Gasteiger partial charge in [0.2, 0.25) is 0 Å². The lowest BCUT2D eigenvalue weighted by Crippen LogP contribution is -2.61. The highest BCUT2D eigenvalue weighted by atomic mass is 32.2. The number of ether oxygens (including phenoxy) is 3. The molecule has 0 aromatic rings. The summed E-state index contributed by atoms with van der Waals surface area (Å²) >= 11 is 0. The first-order valence-corrected chi connectivity index (χ1v) is 12.8. The Morgan fingerprint density at radius 1 is 1.03 bits per heavy atom. The van der Waals surface area contributed by atoms with Crippen molar-refractivity contribution < 1.29 is 54.3 Å². The second kappa shape index (κ2) is 9.62. The van der Waals surface area contributed by atoms with E-state index >= 15 is 0 Å². The zero-order valence-corrected chi connectivity index (χ0v) is 20.1. The molecule has 0 amide bonds. The van der Waals surface area contributed by atoms with E-state index in [1.165, 1.54) is 6.92 Å². The van der Waals surface area contributed by atoms with Gasteiger partial charge < -0.3 is 18.8 Å². The first-order valence-electron chi connectivity index (χ1n) is 11.4. The number of alkyl halides is 4. The Labute approximate surface area is 201 Å². The lowest BCUT2D eigenvalue weighted by molar-refractivity contribution is -0.228. The zero-order valence-electron chi connectivity index (χ0n) is 19.3. The van der Waals surface area contributed by atoms with Gasteiger partial charge in [0.15, 0.2) is 10.1 Å². The van der Waals surface area contributed by atoms with Crippen LogP contribution in [0.5, 0.6) is 0 Å². The number of hydrogen-bond acceptors (Lipinski definition) is 8. The molecule has 4 fully saturated rings. The van der Waals surface area contributed by atoms with Crippen LogP contribution in [-0.2, 0) is 33.9 Å². The summed E-state index contributed by atoms with van der Waals surface area (Å²) in [7, 11) is -6.51. The number of carbonyl (C=O) groups is 2. The average Bonchev–Trinajstić information content (AvgIpc) is 2.66. The number of carbonyl (C=O) groups excluding carboxylic acids is 2. The standard InChI is InChI=1S/C22H30F4O8S/c1-14(12-32-6-4-3-5-21(23,24)22(25,26)35(29,30)31)18(28)34-20-10-16-7-17(11-20)9-19(8-16,13-20)33-15(2)27/h16-17H,1,3-13H2,2H3,(H,29,30,31)/p-1. The maximum absolute atomic E-state index is 13.4. The van der Waals surface area contributed by atoms with Gasteiger partial charge in [-0.15, -0.1) is 0 Å². The number of hydrogen-bond donors (Lipinski definition) is 0. The summed E-state index contributed by atoms with van der Waals surface area (Å²) in [6.07, 6.45) is 2.04. The maximum atomic E-state index is 13.4. The number of esters is 2. The van der Waals surface area contributed by atoms with E-state index in [2.05, 4.69) is 6.58 Å². The third-order valence-electron chi connectivity index (χ3n) is 6.96. The molecular weight excluding hydrogens is 500 g/mol. The minimum atomic E-state index is -6.51. The summed E-state index contributed by atoms with van der Waals surface area (Å²) in [5.74, 6) is -5.49. The van der Waals surface area contributed by atoms with E-state index in [-0.39, 0.29) is 43.0 Å². The molecule has 2 unspecified atom stereocenters. The highest BCUT2D eigenvalue weighted by molar-refractivity contribution is 7.86. The second-order valence-electron chi connectivity index (χ2n) is 10.1. The second-order valence-corrected chi connectivity index (χ2v) is 11.5. The summed E-state index contributed by atoms with van der Waals surface area (Å²) in [5.41, 5.74) is -1.40. The minimum Gasteiger partial charge on any atom is -0.743 e. The van der Waals surface area contributed by atoms with E-state index in [9.17, 15) is 40.1 Å². The number of rotatable bonds is 12. The van der Waals surface area contributed by atoms with Gasteiger partial charge in [0.1, 0.15) is 11.2 Å². The lowest BCUT2D eigenvalue weighted by atomic mass is 9.52. The highest BCUT2D eigenvalue weighted by Crippen LogP contribution is 2.60. The molecule has 0 saturated heterocycles. The Kier molecular flexibility index (Phi) is 7.66. The molecule has 0 radical (unpaired) electrons. The summed E-state index contributed by atoms with van der Waals surface area (Å²) < 4.78 is 101. The SMILES string of the molecule is C=C(COCCCCC(F)(F)C(F)(F)S(=O)(=O)[O-])C(=O)OC12CC3CC(CC(OC(C)=O)(C3)C1)C2. The average molecular weight is 530 g/mol. The molecule has 4 bridgehead atoms. The molecule has 4 aliphatic carbocycles. The highest BCUT2D eigenvalue weighted by Gasteiger charge is 2.62. The summed E-state index contributed by atoms with van der Waals surface area (Å²) in [4.78, 5) is 24.3. The van der Waals surface area contributed by atoms with Crippen molar-refractivity contribution in [3.05, 3.63) is 12.2 Å². The summed E-state index contributed by atoms with van der Waals surface area (Å²) in [5, 5.41) is -5.70. The van der Waals surface area contributed by atoms with Crippen LogP contribution in [0.1, 0.15) is 64.7 Å². The van der Waals surface area contributed by atoms with Gasteiger partial charge in [0.05, 0.1) is 12.2 Å². The van der Waals surface area contributed by atoms with Crippen LogP contribution >= 0.6 is 0 Å². The molecule has 0 aromatic heterocycles. The van der Waals surface area contributed by atoms with Crippen LogP contribution in [0.4, 0.5) is 17.6 Å². The van der Waals surface area contributed by atoms with Crippen molar-refractivity contribution in [2.75, 3.05) is 13.2 Å². The first kappa shape index (κ1) is 27.9. The fourth-order valence-corrected chi connectivity index (χ4v) is 6.51. The molecule has 13 heteroatoms. The largest absolute Gasteiger partial charge is 0.743 e. The molecule has 8 nitrogen and oxygen atoms in total. The number of unbranched alkanes of at least 4 members (excludes halogenated alkanes) is 1. The van der Waals surface area contributed by atoms with Crippen LogP contribution in [0.2, 0.25) is 0 Å². The predicted molar refractivity (Wildman–Crippen MR) is 111 cm³/mol. The van der Waals surface area contributed by atoms with Crippen molar-refractivity contribution in [1.29, 1.82) is 0 Å². The van der Waals surface area contributed by atoms with Gasteiger partial charge in [-0.2, -0.15) is 17.6 Å². The Balaban J connectivity index is 1.43. The van der Waals surface area contributed by atoms with Crippen molar-refractivity contribution in [3.63, 3.8) is 0 Å². The molecule has 4 saturated carbocycles. The van der Waals surface area contributed by atoms with Crippen molar-refractivity contribution >= 4 is 22.1 Å². The summed E-state index contributed by atoms with van der Waals surface area (Å²) in [6, 6.07) is 0. The Bertz CT molecular complexity index is 951. The molecule has 0 spiro atoms. The van der Waals surface area contributed by atoms with Crippen LogP contribution in [0.15, 0.2) is 12.2 Å². The molecule has 2 atom stereocenters. The van der Waals surface area contributed by atoms with Crippen LogP contribution in [0.25, 0.3) is 0 Å². The Morgan fingerprint density at radius 2 is 1.57 bits per heavy atom. The van der Waals surface area contributed by atoms with E-state index < -0.39 is 51.3 Å². The summed E-state index contributed by atoms with van der Waals surface area (Å²) in [6.45, 7) is 4.51. The van der Waals surface area contributed by atoms with Crippen LogP contribution < -0.4 is 0 Å². The monoisotopic (exact) mass is 529 g/mol. The van der Waals surface area contributed by atoms with Crippen LogP contribution in [0, 0.1) is 11.8 Å². The smallest absolute Gasteiger partial charge is 0.396 e. The molecule has 4 rings (SSSR count). The fourth-order valence-electron chi connectivity index (χ4n) is 6.04. The fraction of sp³-hybridized carbons (Fsp3) is 0.818. The topological polar surface area (TPSA) is 119 Å². The molecule has 35 heavy (non-hydrogen) atoms. The minimum absolute atomic E-state index is 0.0170. The molecule has 0 aromatic carbocycles. The third-order valence-corrected chi connectivity index (χ3v) is 7.88. The zero-order chi connectivity index (χ0) is 26.3. The molecule has 0 N–H and O–H groups in total. The van der Waals surface area contributed by atoms with Gasteiger partial charge in [0.25, 0.3) is 0 Å². The third kappa shape index (κ3) is 5.99. The van der Waals surface area contributed by atoms with Gasteiger partial charge in [-0.05, 0) is 56.8 Å². The molecule has 0 aliphatic heterocycles. The van der Waals surface area contributed by atoms with Gasteiger partial charge in [-0.3, -0.25) is 4.79 Å². The van der Waals surface area contributed by atoms with Crippen molar-refractivity contribution in [2.45, 2.75) is 87.1 Å². The van der Waals surface area contributed by atoms with E-state index in [4.69, 9.17) is 14.2 Å². The van der Waals surface area contributed by atoms with Crippen molar-refractivity contribution in [2.24, 2.45) is 11.8 Å². The van der Waals surface area contributed by atoms with E-state index in [0.29, 0.717) is 19.3 Å². The van der Waals surface area contributed by atoms with Gasteiger partial charge in [0, 0.05) is 26.4 Å². The number of halogens is 4. The molecule has 4 aliphatic rings. The van der Waals surface area contributed by atoms with Gasteiger partial charge in [-0.1, -0.05) is 6.58 Å². The van der Waals surface area contributed by atoms with Gasteiger partial charge in [-0.25, -0.2) is 13.2 Å². The Morgan fingerprint density at radius 3 is 2.09 bits per heavy atom. The maximum Gasteiger partial charge on any atom is 0.396 e. The molecule has 200 valence electrons. The van der Waals surface area contributed by atoms with E-state index in [1.807, 2.05) is 0 Å². The van der Waals surface area contributed by atoms with E-state index in [0.717, 1.165) is 19.3 Å². The van der Waals surface area contributed by atoms with Crippen LogP contribution in [0.3, 0.4) is 0 Å². The quantitative estimate of drug-likeness (QED) is 0.123. The van der Waals surface area contributed by atoms with Crippen LogP contribution in [-0.4, -0.2) is 60.5 Å². The first-order chi connectivity index (χ1) is 16.0. The molecular formula is C22H29F4O8S-. The van der Waals surface area contributed by atoms with Crippen molar-refractivity contribution in [1.82, 2.24) is 0 Å². The normalized spacial score (nSPS) is 30.2. The molecule has 0 heterocycles. The Hall–Kier alpha value is -1.73. The predicted octanol–water partition coefficient (Wildman–Crippen LogP) is 3.70. The van der Waals surface area contributed by atoms with Gasteiger partial charge >= 0.3 is 23.1 Å². The van der Waals surface area contributed by atoms with E-state index in [1.54, 1.807) is 0 Å².